The van der Waals surface area contributed by atoms with Gasteiger partial charge in [0.2, 0.25) is 0 Å². The maximum Gasteiger partial charge on any atom is 0.0728 e. The molecule has 90 valence electrons. The molecule has 1 saturated carbocycles. The van der Waals surface area contributed by atoms with E-state index in [9.17, 15) is 0 Å². The van der Waals surface area contributed by atoms with Crippen LogP contribution in [-0.4, -0.2) is 28.1 Å². The lowest BCUT2D eigenvalue weighted by molar-refractivity contribution is 0.233. The average Bonchev–Trinajstić information content (AvgIpc) is 2.58. The molecule has 16 heavy (non-hydrogen) atoms. The van der Waals surface area contributed by atoms with E-state index in [1.807, 2.05) is 17.9 Å². The van der Waals surface area contributed by atoms with E-state index in [1.165, 1.54) is 18.5 Å². The van der Waals surface area contributed by atoms with E-state index in [-0.39, 0.29) is 0 Å². The number of aryl methyl sites for hydroxylation is 1. The van der Waals surface area contributed by atoms with Gasteiger partial charge in [0, 0.05) is 13.0 Å². The molecule has 0 aliphatic heterocycles. The summed E-state index contributed by atoms with van der Waals surface area (Å²) in [6.45, 7) is 6.74. The summed E-state index contributed by atoms with van der Waals surface area (Å²) in [6, 6.07) is 0. The molecule has 2 atom stereocenters. The largest absolute Gasteiger partial charge is 0.316 e. The molecule has 0 radical (unpaired) electrons. The van der Waals surface area contributed by atoms with E-state index in [0.717, 1.165) is 24.9 Å². The van der Waals surface area contributed by atoms with Crippen LogP contribution in [0.2, 0.25) is 0 Å². The summed E-state index contributed by atoms with van der Waals surface area (Å²) in [6.07, 6.45) is 4.54. The summed E-state index contributed by atoms with van der Waals surface area (Å²) in [5, 5.41) is 11.5. The predicted octanol–water partition coefficient (Wildman–Crippen LogP) is 1.55. The highest BCUT2D eigenvalue weighted by Gasteiger charge is 2.33. The molecule has 1 aromatic heterocycles. The van der Waals surface area contributed by atoms with E-state index in [2.05, 4.69) is 29.5 Å². The van der Waals surface area contributed by atoms with Crippen LogP contribution in [0.3, 0.4) is 0 Å². The Labute approximate surface area is 97.4 Å². The van der Waals surface area contributed by atoms with Crippen molar-refractivity contribution in [2.75, 3.05) is 13.1 Å². The lowest BCUT2D eigenvalue weighted by Crippen LogP contribution is -2.36. The molecule has 1 heterocycles. The molecule has 0 bridgehead atoms. The minimum absolute atomic E-state index is 0.666. The number of nitrogens with one attached hydrogen (secondary N) is 1. The maximum atomic E-state index is 4.01. The van der Waals surface area contributed by atoms with Crippen LogP contribution in [0.25, 0.3) is 0 Å². The first-order chi connectivity index (χ1) is 7.68. The summed E-state index contributed by atoms with van der Waals surface area (Å²) >= 11 is 0. The van der Waals surface area contributed by atoms with Gasteiger partial charge in [-0.05, 0) is 37.8 Å². The molecule has 4 nitrogen and oxygen atoms in total. The molecule has 0 aromatic carbocycles. The Hall–Kier alpha value is -0.900. The topological polar surface area (TPSA) is 42.7 Å². The Bertz CT molecular complexity index is 332. The number of hydrogen-bond donors (Lipinski definition) is 1. The monoisotopic (exact) mass is 222 g/mol. The van der Waals surface area contributed by atoms with Crippen molar-refractivity contribution in [1.82, 2.24) is 20.3 Å². The van der Waals surface area contributed by atoms with Gasteiger partial charge in [-0.3, -0.25) is 4.68 Å². The minimum atomic E-state index is 0.666. The Kier molecular flexibility index (Phi) is 3.59. The zero-order valence-corrected chi connectivity index (χ0v) is 10.5. The van der Waals surface area contributed by atoms with Crippen LogP contribution in [0.4, 0.5) is 0 Å². The van der Waals surface area contributed by atoms with Gasteiger partial charge in [-0.15, -0.1) is 5.10 Å². The lowest BCUT2D eigenvalue weighted by atomic mass is 9.72. The molecule has 1 aromatic rings. The Morgan fingerprint density at radius 2 is 2.31 bits per heavy atom. The smallest absolute Gasteiger partial charge is 0.0728 e. The highest BCUT2D eigenvalue weighted by atomic mass is 15.4. The third-order valence-corrected chi connectivity index (χ3v) is 3.51. The number of rotatable bonds is 5. The molecule has 0 amide bonds. The second-order valence-electron chi connectivity index (χ2n) is 5.28. The van der Waals surface area contributed by atoms with Gasteiger partial charge in [0.25, 0.3) is 0 Å². The molecular formula is C12H22N4. The summed E-state index contributed by atoms with van der Waals surface area (Å²) in [7, 11) is 1.99. The molecule has 0 spiro atoms. The summed E-state index contributed by atoms with van der Waals surface area (Å²) in [5.41, 5.74) is 1.29. The van der Waals surface area contributed by atoms with E-state index in [4.69, 9.17) is 0 Å². The van der Waals surface area contributed by atoms with Crippen LogP contribution >= 0.6 is 0 Å². The van der Waals surface area contributed by atoms with Crippen LogP contribution in [0.1, 0.15) is 38.3 Å². The van der Waals surface area contributed by atoms with E-state index in [1.54, 1.807) is 0 Å². The fourth-order valence-corrected chi connectivity index (χ4v) is 2.39. The first-order valence-electron chi connectivity index (χ1n) is 6.23. The van der Waals surface area contributed by atoms with Crippen LogP contribution in [0.5, 0.6) is 0 Å². The van der Waals surface area contributed by atoms with Gasteiger partial charge in [0.1, 0.15) is 0 Å². The molecular weight excluding hydrogens is 200 g/mol. The number of nitrogens with zero attached hydrogens (tertiary/aromatic N) is 3. The fourth-order valence-electron chi connectivity index (χ4n) is 2.39. The Morgan fingerprint density at radius 3 is 2.81 bits per heavy atom. The predicted molar refractivity (Wildman–Crippen MR) is 64.2 cm³/mol. The van der Waals surface area contributed by atoms with E-state index >= 15 is 0 Å². The number of aromatic nitrogens is 3. The second kappa shape index (κ2) is 4.95. The zero-order chi connectivity index (χ0) is 11.5. The van der Waals surface area contributed by atoms with Crippen molar-refractivity contribution >= 4 is 0 Å². The standard InChI is InChI=1S/C12H22N4/c1-9(2)6-13-7-10-4-5-11(10)12-8-14-15-16(12)3/h8-11,13H,4-7H2,1-3H3. The van der Waals surface area contributed by atoms with Crippen molar-refractivity contribution in [3.63, 3.8) is 0 Å². The van der Waals surface area contributed by atoms with Crippen LogP contribution in [-0.2, 0) is 7.05 Å². The van der Waals surface area contributed by atoms with Gasteiger partial charge in [-0.25, -0.2) is 0 Å². The minimum Gasteiger partial charge on any atom is -0.316 e. The van der Waals surface area contributed by atoms with Gasteiger partial charge in [-0.2, -0.15) is 0 Å². The van der Waals surface area contributed by atoms with Gasteiger partial charge in [0.05, 0.1) is 11.9 Å². The van der Waals surface area contributed by atoms with Crippen molar-refractivity contribution < 1.29 is 0 Å². The summed E-state index contributed by atoms with van der Waals surface area (Å²) < 4.78 is 1.92. The molecule has 0 saturated heterocycles. The van der Waals surface area contributed by atoms with Crippen LogP contribution in [0.15, 0.2) is 6.20 Å². The van der Waals surface area contributed by atoms with Gasteiger partial charge in [0.15, 0.2) is 0 Å². The third-order valence-electron chi connectivity index (χ3n) is 3.51. The van der Waals surface area contributed by atoms with Crippen molar-refractivity contribution in [1.29, 1.82) is 0 Å². The molecule has 4 heteroatoms. The first kappa shape index (κ1) is 11.6. The van der Waals surface area contributed by atoms with Crippen molar-refractivity contribution in [2.24, 2.45) is 18.9 Å². The maximum absolute atomic E-state index is 4.01. The quantitative estimate of drug-likeness (QED) is 0.822. The third kappa shape index (κ3) is 2.43. The molecule has 1 aliphatic carbocycles. The SMILES string of the molecule is CC(C)CNCC1CCC1c1cnnn1C. The van der Waals surface area contributed by atoms with Gasteiger partial charge < -0.3 is 5.32 Å². The highest BCUT2D eigenvalue weighted by Crippen LogP contribution is 2.41. The van der Waals surface area contributed by atoms with Crippen molar-refractivity contribution in [3.8, 4) is 0 Å². The molecule has 1 fully saturated rings. The molecule has 2 unspecified atom stereocenters. The van der Waals surface area contributed by atoms with Gasteiger partial charge in [-0.1, -0.05) is 19.1 Å². The first-order valence-corrected chi connectivity index (χ1v) is 6.23. The average molecular weight is 222 g/mol. The molecule has 2 rings (SSSR count). The van der Waals surface area contributed by atoms with E-state index < -0.39 is 0 Å². The fraction of sp³-hybridized carbons (Fsp3) is 0.833. The Balaban J connectivity index is 1.82. The number of hydrogen-bond acceptors (Lipinski definition) is 3. The zero-order valence-electron chi connectivity index (χ0n) is 10.5. The lowest BCUT2D eigenvalue weighted by Gasteiger charge is -2.36. The van der Waals surface area contributed by atoms with E-state index in [0.29, 0.717) is 5.92 Å². The molecule has 1 aliphatic rings. The van der Waals surface area contributed by atoms with Crippen molar-refractivity contribution in [2.45, 2.75) is 32.6 Å². The normalized spacial score (nSPS) is 24.8. The van der Waals surface area contributed by atoms with Crippen LogP contribution in [0, 0.1) is 11.8 Å². The Morgan fingerprint density at radius 1 is 1.50 bits per heavy atom. The second-order valence-corrected chi connectivity index (χ2v) is 5.28. The van der Waals surface area contributed by atoms with Gasteiger partial charge >= 0.3 is 0 Å². The summed E-state index contributed by atoms with van der Waals surface area (Å²) in [5.74, 6) is 2.17. The summed E-state index contributed by atoms with van der Waals surface area (Å²) in [4.78, 5) is 0. The van der Waals surface area contributed by atoms with Crippen LogP contribution < -0.4 is 5.32 Å². The highest BCUT2D eigenvalue weighted by molar-refractivity contribution is 5.10. The molecule has 1 N–H and O–H groups in total. The van der Waals surface area contributed by atoms with Crippen molar-refractivity contribution in [3.05, 3.63) is 11.9 Å².